The van der Waals surface area contributed by atoms with Crippen molar-refractivity contribution >= 4 is 64.0 Å². The van der Waals surface area contributed by atoms with E-state index >= 15 is 0 Å². The number of hydrogen-bond acceptors (Lipinski definition) is 10. The first-order valence-electron chi connectivity index (χ1n) is 17.7. The molecule has 286 valence electrons. The third kappa shape index (κ3) is 11.3. The van der Waals surface area contributed by atoms with Gasteiger partial charge in [0.2, 0.25) is 0 Å². The van der Waals surface area contributed by atoms with E-state index in [0.717, 1.165) is 31.4 Å². The molecule has 0 saturated carbocycles. The van der Waals surface area contributed by atoms with Crippen LogP contribution in [0.15, 0.2) is 29.4 Å². The van der Waals surface area contributed by atoms with Crippen LogP contribution in [0, 0.1) is 16.2 Å². The summed E-state index contributed by atoms with van der Waals surface area (Å²) in [6.45, 7) is 22.6. The molecule has 0 aromatic carbocycles. The van der Waals surface area contributed by atoms with Gasteiger partial charge >= 0.3 is 0 Å². The van der Waals surface area contributed by atoms with Gasteiger partial charge in [-0.1, -0.05) is 61.2 Å². The number of nitrogens with zero attached hydrogens (tertiary/aromatic N) is 6. The Labute approximate surface area is 315 Å². The van der Waals surface area contributed by atoms with Crippen LogP contribution in [-0.4, -0.2) is 106 Å². The van der Waals surface area contributed by atoms with Crippen LogP contribution in [0.25, 0.3) is 22.3 Å². The Hall–Kier alpha value is -3.44. The molecule has 5 heterocycles. The van der Waals surface area contributed by atoms with Crippen LogP contribution >= 0.6 is 15.9 Å². The Morgan fingerprint density at radius 1 is 0.981 bits per heavy atom. The highest BCUT2D eigenvalue weighted by Gasteiger charge is 2.31. The first kappa shape index (κ1) is 41.3. The van der Waals surface area contributed by atoms with Crippen molar-refractivity contribution in [2.24, 2.45) is 16.2 Å². The number of aromatic amines is 1. The van der Waals surface area contributed by atoms with Gasteiger partial charge in [-0.05, 0) is 33.8 Å². The van der Waals surface area contributed by atoms with E-state index in [2.05, 4.69) is 84.9 Å². The zero-order chi connectivity index (χ0) is 38.5. The van der Waals surface area contributed by atoms with Gasteiger partial charge in [0.05, 0.1) is 23.5 Å². The number of nitrogens with one attached hydrogen (secondary N) is 3. The maximum atomic E-state index is 12.7. The molecule has 1 fully saturated rings. The number of hydrogen-bond donors (Lipinski definition) is 5. The molecule has 1 aliphatic rings. The highest BCUT2D eigenvalue weighted by atomic mass is 79.9. The molecular weight excluding hydrogens is 746 g/mol. The van der Waals surface area contributed by atoms with Gasteiger partial charge in [-0.15, -0.1) is 0 Å². The van der Waals surface area contributed by atoms with E-state index in [1.165, 1.54) is 0 Å². The summed E-state index contributed by atoms with van der Waals surface area (Å²) in [7, 11) is -1.15. The average Bonchev–Trinajstić information content (AvgIpc) is 3.78. The van der Waals surface area contributed by atoms with Crippen LogP contribution in [0.1, 0.15) is 68.7 Å². The normalized spacial score (nSPS) is 14.8. The predicted molar refractivity (Wildman–Crippen MR) is 210 cm³/mol. The second-order valence-corrected chi connectivity index (χ2v) is 23.6. The minimum atomic E-state index is -1.15. The van der Waals surface area contributed by atoms with Gasteiger partial charge < -0.3 is 40.0 Å². The summed E-state index contributed by atoms with van der Waals surface area (Å²) in [5, 5.41) is 24.4. The topological polar surface area (TPSA) is 183 Å². The van der Waals surface area contributed by atoms with E-state index in [1.54, 1.807) is 24.8 Å². The maximum Gasteiger partial charge on any atom is 0.255 e. The van der Waals surface area contributed by atoms with Crippen molar-refractivity contribution in [1.29, 1.82) is 0 Å². The molecule has 14 nitrogen and oxygen atoms in total. The minimum Gasteiger partial charge on any atom is -0.396 e. The lowest BCUT2D eigenvalue weighted by molar-refractivity contribution is 0.0882. The number of H-pyrrole nitrogens is 1. The Balaban J connectivity index is 0.000000233. The number of amides is 2. The number of halogens is 1. The molecule has 4 aromatic heterocycles. The first-order valence-corrected chi connectivity index (χ1v) is 22.2. The molecule has 1 aliphatic heterocycles. The number of aromatic nitrogens is 6. The lowest BCUT2D eigenvalue weighted by atomic mass is 9.93. The number of carbonyl (C=O) groups excluding carboxylic acids is 2. The SMILES string of the molecule is CC(C)(CO)CNC(=O)c1c[nH]c2ncc(N3CCC(C)(C)C3)nc12.CC(C)(CO)CNC(=O)c1cn(COCC[Si](C)(C)C)c2ncc(Br)nc12. The fourth-order valence-electron chi connectivity index (χ4n) is 5.29. The smallest absolute Gasteiger partial charge is 0.255 e. The molecule has 2 amide bonds. The molecule has 0 atom stereocenters. The third-order valence-electron chi connectivity index (χ3n) is 8.93. The number of aliphatic hydroxyl groups is 2. The van der Waals surface area contributed by atoms with Crippen molar-refractivity contribution in [1.82, 2.24) is 40.1 Å². The molecule has 16 heteroatoms. The molecule has 0 aliphatic carbocycles. The van der Waals surface area contributed by atoms with Gasteiger partial charge in [0.1, 0.15) is 28.2 Å². The molecule has 52 heavy (non-hydrogen) atoms. The molecule has 0 unspecified atom stereocenters. The van der Waals surface area contributed by atoms with Crippen molar-refractivity contribution in [3.8, 4) is 0 Å². The summed E-state index contributed by atoms with van der Waals surface area (Å²) in [5.74, 6) is 0.359. The van der Waals surface area contributed by atoms with Crippen molar-refractivity contribution < 1.29 is 24.5 Å². The number of anilines is 1. The Morgan fingerprint density at radius 3 is 2.19 bits per heavy atom. The minimum absolute atomic E-state index is 0.00861. The lowest BCUT2D eigenvalue weighted by Gasteiger charge is -2.21. The highest BCUT2D eigenvalue weighted by molar-refractivity contribution is 9.10. The summed E-state index contributed by atoms with van der Waals surface area (Å²) in [5.41, 5.74) is 2.77. The van der Waals surface area contributed by atoms with Crippen molar-refractivity contribution in [2.45, 2.75) is 80.4 Å². The molecule has 5 rings (SSSR count). The standard InChI is InChI=1S/C18H29BrN4O3Si.C18H27N5O2/c1-18(2,11-24)10-21-17(25)13-9-23(12-26-6-7-27(3,4)5)16-15(13)22-14(19)8-20-16;1-17(2)5-6-23(10-17)13-8-20-15-14(22-13)12(7-19-15)16(25)21-9-18(3,4)11-24/h8-9,24H,6-7,10-12H2,1-5H3,(H,21,25);7-8,24H,5-6,9-11H2,1-4H3,(H,19,20)(H,21,25). The van der Waals surface area contributed by atoms with Gasteiger partial charge in [0.15, 0.2) is 11.3 Å². The number of fused-ring (bicyclic) bond motifs is 2. The second kappa shape index (κ2) is 16.7. The first-order chi connectivity index (χ1) is 24.2. The number of rotatable bonds is 14. The molecular formula is C36H56BrN9O5Si. The van der Waals surface area contributed by atoms with Crippen molar-refractivity contribution in [2.75, 3.05) is 50.9 Å². The summed E-state index contributed by atoms with van der Waals surface area (Å²) in [6, 6.07) is 1.08. The summed E-state index contributed by atoms with van der Waals surface area (Å²) in [4.78, 5) is 48.4. The molecule has 5 N–H and O–H groups in total. The lowest BCUT2D eigenvalue weighted by Crippen LogP contribution is -2.36. The third-order valence-corrected chi connectivity index (χ3v) is 11.0. The van der Waals surface area contributed by atoms with E-state index in [1.807, 2.05) is 32.3 Å². The fourth-order valence-corrected chi connectivity index (χ4v) is 6.33. The van der Waals surface area contributed by atoms with Gasteiger partial charge in [0.25, 0.3) is 11.8 Å². The zero-order valence-electron chi connectivity index (χ0n) is 32.1. The van der Waals surface area contributed by atoms with Crippen LogP contribution in [0.4, 0.5) is 5.82 Å². The monoisotopic (exact) mass is 801 g/mol. The van der Waals surface area contributed by atoms with E-state index in [9.17, 15) is 19.8 Å². The highest BCUT2D eigenvalue weighted by Crippen LogP contribution is 2.32. The molecule has 0 bridgehead atoms. The van der Waals surface area contributed by atoms with Crippen molar-refractivity contribution in [3.63, 3.8) is 0 Å². The second-order valence-electron chi connectivity index (χ2n) is 17.2. The average molecular weight is 803 g/mol. The number of aliphatic hydroxyl groups excluding tert-OH is 2. The molecule has 0 radical (unpaired) electrons. The Kier molecular flexibility index (Phi) is 13.3. The van der Waals surface area contributed by atoms with Crippen LogP contribution in [0.2, 0.25) is 25.7 Å². The number of carbonyl (C=O) groups is 2. The predicted octanol–water partition coefficient (Wildman–Crippen LogP) is 5.20. The summed E-state index contributed by atoms with van der Waals surface area (Å²) in [6.07, 6.45) is 7.86. The number of ether oxygens (including phenoxy) is 1. The summed E-state index contributed by atoms with van der Waals surface area (Å²) < 4.78 is 8.19. The van der Waals surface area contributed by atoms with E-state index in [0.29, 0.717) is 64.5 Å². The van der Waals surface area contributed by atoms with Gasteiger partial charge in [-0.25, -0.2) is 19.9 Å². The van der Waals surface area contributed by atoms with Gasteiger partial charge in [0, 0.05) is 77.3 Å². The Bertz CT molecular complexity index is 1850. The van der Waals surface area contributed by atoms with Crippen LogP contribution in [0.3, 0.4) is 0 Å². The molecule has 4 aromatic rings. The Morgan fingerprint density at radius 2 is 1.62 bits per heavy atom. The van der Waals surface area contributed by atoms with Crippen LogP contribution in [0.5, 0.6) is 0 Å². The largest absolute Gasteiger partial charge is 0.396 e. The van der Waals surface area contributed by atoms with Crippen molar-refractivity contribution in [3.05, 3.63) is 40.5 Å². The quantitative estimate of drug-likeness (QED) is 0.0840. The maximum absolute atomic E-state index is 12.7. The van der Waals surface area contributed by atoms with E-state index in [-0.39, 0.29) is 41.3 Å². The molecule has 1 saturated heterocycles. The fraction of sp³-hybridized carbons (Fsp3) is 0.611. The zero-order valence-corrected chi connectivity index (χ0v) is 34.6. The van der Waals surface area contributed by atoms with E-state index in [4.69, 9.17) is 9.72 Å². The van der Waals surface area contributed by atoms with Crippen LogP contribution in [-0.2, 0) is 11.5 Å². The molecule has 0 spiro atoms. The summed E-state index contributed by atoms with van der Waals surface area (Å²) >= 11 is 3.32. The van der Waals surface area contributed by atoms with Crippen LogP contribution < -0.4 is 15.5 Å². The van der Waals surface area contributed by atoms with E-state index < -0.39 is 8.07 Å². The van der Waals surface area contributed by atoms with Gasteiger partial charge in [-0.3, -0.25) is 9.59 Å². The van der Waals surface area contributed by atoms with Gasteiger partial charge in [-0.2, -0.15) is 0 Å².